The lowest BCUT2D eigenvalue weighted by molar-refractivity contribution is -0.137. The zero-order valence-corrected chi connectivity index (χ0v) is 13.5. The van der Waals surface area contributed by atoms with Crippen molar-refractivity contribution in [1.82, 2.24) is 9.88 Å². The average molecular weight is 320 g/mol. The fourth-order valence-electron chi connectivity index (χ4n) is 2.83. The fourth-order valence-corrected chi connectivity index (χ4v) is 2.83. The minimum absolute atomic E-state index is 0.160. The third kappa shape index (κ3) is 5.23. The summed E-state index contributed by atoms with van der Waals surface area (Å²) in [6, 6.07) is 3.21. The maximum atomic E-state index is 12.5. The van der Waals surface area contributed by atoms with Gasteiger partial charge in [0.2, 0.25) is 5.88 Å². The maximum Gasteiger partial charge on any atom is 0.323 e. The highest BCUT2D eigenvalue weighted by Crippen LogP contribution is 2.22. The first-order valence-corrected chi connectivity index (χ1v) is 8.24. The zero-order chi connectivity index (χ0) is 16.7. The van der Waals surface area contributed by atoms with E-state index in [2.05, 4.69) is 4.98 Å². The third-order valence-corrected chi connectivity index (χ3v) is 3.93. The van der Waals surface area contributed by atoms with Crippen molar-refractivity contribution in [2.45, 2.75) is 51.6 Å². The van der Waals surface area contributed by atoms with E-state index in [1.54, 1.807) is 12.1 Å². The van der Waals surface area contributed by atoms with Crippen molar-refractivity contribution in [3.05, 3.63) is 23.9 Å². The van der Waals surface area contributed by atoms with Gasteiger partial charge >= 0.3 is 5.97 Å². The number of ether oxygens (including phenoxy) is 1. The van der Waals surface area contributed by atoms with Gasteiger partial charge in [0.05, 0.1) is 0 Å². The first kappa shape index (κ1) is 17.2. The number of hydrogen-bond donors (Lipinski definition) is 1. The molecular weight excluding hydrogens is 296 g/mol. The van der Waals surface area contributed by atoms with Crippen molar-refractivity contribution in [3.8, 4) is 5.88 Å². The molecule has 2 rings (SSSR count). The fraction of sp³-hybridized carbons (Fsp3) is 0.588. The van der Waals surface area contributed by atoms with Gasteiger partial charge in [0.25, 0.3) is 5.91 Å². The summed E-state index contributed by atoms with van der Waals surface area (Å²) < 4.78 is 5.87. The Kier molecular flexibility index (Phi) is 6.38. The van der Waals surface area contributed by atoms with Gasteiger partial charge in [0, 0.05) is 24.4 Å². The van der Waals surface area contributed by atoms with Crippen molar-refractivity contribution >= 4 is 11.9 Å². The molecule has 23 heavy (non-hydrogen) atoms. The van der Waals surface area contributed by atoms with E-state index in [4.69, 9.17) is 9.84 Å². The van der Waals surface area contributed by atoms with E-state index < -0.39 is 5.97 Å². The molecule has 0 bridgehead atoms. The maximum absolute atomic E-state index is 12.5. The molecule has 0 saturated heterocycles. The van der Waals surface area contributed by atoms with Crippen LogP contribution in [0, 0.1) is 0 Å². The molecule has 126 valence electrons. The molecular formula is C17H24N2O4. The summed E-state index contributed by atoms with van der Waals surface area (Å²) in [5, 5.41) is 8.95. The highest BCUT2D eigenvalue weighted by molar-refractivity contribution is 5.96. The summed E-state index contributed by atoms with van der Waals surface area (Å²) in [6.45, 7) is 2.02. The predicted molar refractivity (Wildman–Crippen MR) is 85.6 cm³/mol. The summed E-state index contributed by atoms with van der Waals surface area (Å²) in [6.07, 6.45) is 7.99. The molecule has 0 aliphatic heterocycles. The van der Waals surface area contributed by atoms with Crippen LogP contribution in [0.25, 0.3) is 0 Å². The molecule has 1 aromatic rings. The Labute approximate surface area is 136 Å². The lowest BCUT2D eigenvalue weighted by Gasteiger charge is -2.23. The van der Waals surface area contributed by atoms with Crippen molar-refractivity contribution < 1.29 is 19.4 Å². The van der Waals surface area contributed by atoms with Crippen LogP contribution in [0.1, 0.15) is 55.8 Å². The second kappa shape index (κ2) is 8.50. The van der Waals surface area contributed by atoms with Crippen LogP contribution in [0.2, 0.25) is 0 Å². The molecule has 6 heteroatoms. The number of aliphatic carboxylic acids is 1. The van der Waals surface area contributed by atoms with Crippen molar-refractivity contribution in [2.75, 3.05) is 13.1 Å². The van der Waals surface area contributed by atoms with Crippen molar-refractivity contribution in [1.29, 1.82) is 0 Å². The Bertz CT molecular complexity index is 541. The molecule has 1 amide bonds. The molecule has 0 spiro atoms. The number of carboxylic acid groups (broad SMARTS) is 1. The number of pyridine rings is 1. The molecule has 1 heterocycles. The van der Waals surface area contributed by atoms with E-state index in [1.165, 1.54) is 17.5 Å². The van der Waals surface area contributed by atoms with Gasteiger partial charge in [0.1, 0.15) is 12.6 Å². The Hall–Kier alpha value is -2.11. The number of nitrogens with zero attached hydrogens (tertiary/aromatic N) is 2. The monoisotopic (exact) mass is 320 g/mol. The van der Waals surface area contributed by atoms with Crippen LogP contribution in [0.15, 0.2) is 18.3 Å². The number of hydrogen-bond acceptors (Lipinski definition) is 4. The number of aromatic nitrogens is 1. The Morgan fingerprint density at radius 1 is 1.35 bits per heavy atom. The van der Waals surface area contributed by atoms with E-state index in [-0.39, 0.29) is 18.6 Å². The van der Waals surface area contributed by atoms with E-state index in [1.807, 2.05) is 6.92 Å². The molecule has 1 aliphatic rings. The minimum Gasteiger partial charge on any atom is -0.480 e. The van der Waals surface area contributed by atoms with Crippen LogP contribution in [0.5, 0.6) is 5.88 Å². The summed E-state index contributed by atoms with van der Waals surface area (Å²) in [7, 11) is 0. The van der Waals surface area contributed by atoms with Gasteiger partial charge < -0.3 is 14.7 Å². The topological polar surface area (TPSA) is 79.7 Å². The molecule has 1 fully saturated rings. The van der Waals surface area contributed by atoms with E-state index in [0.717, 1.165) is 25.7 Å². The van der Waals surface area contributed by atoms with Crippen LogP contribution in [-0.4, -0.2) is 46.1 Å². The second-order valence-corrected chi connectivity index (χ2v) is 5.88. The standard InChI is InChI=1S/C17H24N2O4/c1-2-10-19(12-16(20)21)17(22)13-8-9-18-15(11-13)23-14-6-4-3-5-7-14/h8-9,11,14H,2-7,10,12H2,1H3,(H,20,21). The van der Waals surface area contributed by atoms with Gasteiger partial charge in [-0.2, -0.15) is 0 Å². The Balaban J connectivity index is 2.07. The summed E-state index contributed by atoms with van der Waals surface area (Å²) in [5.41, 5.74) is 0.417. The predicted octanol–water partition coefficient (Wildman–Crippen LogP) is 2.73. The largest absolute Gasteiger partial charge is 0.480 e. The van der Waals surface area contributed by atoms with Gasteiger partial charge in [-0.05, 0) is 38.2 Å². The van der Waals surface area contributed by atoms with Crippen LogP contribution >= 0.6 is 0 Å². The molecule has 1 N–H and O–H groups in total. The first-order chi connectivity index (χ1) is 11.1. The molecule has 1 aliphatic carbocycles. The number of carbonyl (C=O) groups is 2. The quantitative estimate of drug-likeness (QED) is 0.835. The second-order valence-electron chi connectivity index (χ2n) is 5.88. The van der Waals surface area contributed by atoms with Crippen LogP contribution in [0.4, 0.5) is 0 Å². The van der Waals surface area contributed by atoms with E-state index >= 15 is 0 Å². The number of carboxylic acids is 1. The number of rotatable bonds is 7. The summed E-state index contributed by atoms with van der Waals surface area (Å²) in [5.74, 6) is -0.876. The minimum atomic E-state index is -1.01. The van der Waals surface area contributed by atoms with E-state index in [0.29, 0.717) is 24.4 Å². The SMILES string of the molecule is CCCN(CC(=O)O)C(=O)c1ccnc(OC2CCCCC2)c1. The van der Waals surface area contributed by atoms with Crippen molar-refractivity contribution in [2.24, 2.45) is 0 Å². The Morgan fingerprint density at radius 2 is 2.09 bits per heavy atom. The smallest absolute Gasteiger partial charge is 0.323 e. The highest BCUT2D eigenvalue weighted by atomic mass is 16.5. The lowest BCUT2D eigenvalue weighted by atomic mass is 9.98. The number of carbonyl (C=O) groups excluding carboxylic acids is 1. The molecule has 0 unspecified atom stereocenters. The van der Waals surface area contributed by atoms with Crippen molar-refractivity contribution in [3.63, 3.8) is 0 Å². The van der Waals surface area contributed by atoms with Gasteiger partial charge in [-0.25, -0.2) is 4.98 Å². The van der Waals surface area contributed by atoms with Crippen LogP contribution in [-0.2, 0) is 4.79 Å². The Morgan fingerprint density at radius 3 is 2.74 bits per heavy atom. The average Bonchev–Trinajstić information content (AvgIpc) is 2.54. The van der Waals surface area contributed by atoms with Crippen LogP contribution in [0.3, 0.4) is 0 Å². The lowest BCUT2D eigenvalue weighted by Crippen LogP contribution is -2.36. The third-order valence-electron chi connectivity index (χ3n) is 3.93. The summed E-state index contributed by atoms with van der Waals surface area (Å²) in [4.78, 5) is 28.9. The molecule has 1 aromatic heterocycles. The van der Waals surface area contributed by atoms with Gasteiger partial charge in [-0.15, -0.1) is 0 Å². The molecule has 0 aromatic carbocycles. The molecule has 0 radical (unpaired) electrons. The highest BCUT2D eigenvalue weighted by Gasteiger charge is 2.20. The number of amides is 1. The van der Waals surface area contributed by atoms with E-state index in [9.17, 15) is 9.59 Å². The van der Waals surface area contributed by atoms with Gasteiger partial charge in [0.15, 0.2) is 0 Å². The van der Waals surface area contributed by atoms with Crippen LogP contribution < -0.4 is 4.74 Å². The normalized spacial score (nSPS) is 15.2. The van der Waals surface area contributed by atoms with Gasteiger partial charge in [-0.1, -0.05) is 13.3 Å². The summed E-state index contributed by atoms with van der Waals surface area (Å²) >= 11 is 0. The molecule has 1 saturated carbocycles. The van der Waals surface area contributed by atoms with Gasteiger partial charge in [-0.3, -0.25) is 9.59 Å². The molecule has 0 atom stereocenters. The zero-order valence-electron chi connectivity index (χ0n) is 13.5. The molecule has 6 nitrogen and oxygen atoms in total. The first-order valence-electron chi connectivity index (χ1n) is 8.24.